The number of hydrogen-bond donors (Lipinski definition) is 1. The monoisotopic (exact) mass is 313 g/mol. The van der Waals surface area contributed by atoms with Crippen molar-refractivity contribution in [2.24, 2.45) is 0 Å². The Bertz CT molecular complexity index is 1000. The van der Waals surface area contributed by atoms with Crippen molar-refractivity contribution in [2.75, 3.05) is 6.54 Å². The lowest BCUT2D eigenvalue weighted by molar-refractivity contribution is 0.642. The van der Waals surface area contributed by atoms with Crippen molar-refractivity contribution in [1.82, 2.24) is 5.32 Å². The molecule has 0 radical (unpaired) electrons. The van der Waals surface area contributed by atoms with Gasteiger partial charge in [-0.05, 0) is 56.9 Å². The Hall–Kier alpha value is -2.38. The van der Waals surface area contributed by atoms with Crippen LogP contribution in [0.4, 0.5) is 0 Å². The second kappa shape index (κ2) is 6.62. The fourth-order valence-electron chi connectivity index (χ4n) is 3.52. The molecule has 0 spiro atoms. The summed E-state index contributed by atoms with van der Waals surface area (Å²) >= 11 is 0. The standard InChI is InChI=1S/C23H23N/c1-2-3-14-24-16-17-8-11-21-19(15-17)10-13-22-20-7-5-4-6-18(20)9-12-23(21)22/h4-13,15,24H,2-3,14,16H2,1H3. The van der Waals surface area contributed by atoms with Gasteiger partial charge in [0.05, 0.1) is 0 Å². The summed E-state index contributed by atoms with van der Waals surface area (Å²) in [5, 5.41) is 11.5. The van der Waals surface area contributed by atoms with Gasteiger partial charge in [-0.15, -0.1) is 0 Å². The third-order valence-corrected chi connectivity index (χ3v) is 4.84. The van der Waals surface area contributed by atoms with Crippen LogP contribution in [0.25, 0.3) is 32.3 Å². The van der Waals surface area contributed by atoms with Crippen molar-refractivity contribution < 1.29 is 0 Å². The van der Waals surface area contributed by atoms with Crippen molar-refractivity contribution in [2.45, 2.75) is 26.3 Å². The van der Waals surface area contributed by atoms with Crippen LogP contribution in [0.2, 0.25) is 0 Å². The fourth-order valence-corrected chi connectivity index (χ4v) is 3.52. The van der Waals surface area contributed by atoms with E-state index in [4.69, 9.17) is 0 Å². The molecule has 1 heteroatoms. The molecule has 0 saturated carbocycles. The molecule has 0 saturated heterocycles. The largest absolute Gasteiger partial charge is 0.313 e. The average Bonchev–Trinajstić information content (AvgIpc) is 2.64. The Morgan fingerprint density at radius 2 is 1.42 bits per heavy atom. The van der Waals surface area contributed by atoms with E-state index in [2.05, 4.69) is 79.0 Å². The molecule has 0 aromatic heterocycles. The van der Waals surface area contributed by atoms with Crippen LogP contribution in [0.15, 0.2) is 66.7 Å². The Morgan fingerprint density at radius 3 is 2.25 bits per heavy atom. The maximum atomic E-state index is 3.53. The van der Waals surface area contributed by atoms with Gasteiger partial charge < -0.3 is 5.32 Å². The van der Waals surface area contributed by atoms with Gasteiger partial charge in [0.25, 0.3) is 0 Å². The van der Waals surface area contributed by atoms with Crippen LogP contribution in [0, 0.1) is 0 Å². The first kappa shape index (κ1) is 15.2. The van der Waals surface area contributed by atoms with Crippen molar-refractivity contribution >= 4 is 32.3 Å². The van der Waals surface area contributed by atoms with Crippen LogP contribution in [0.5, 0.6) is 0 Å². The van der Waals surface area contributed by atoms with E-state index in [0.29, 0.717) is 0 Å². The molecule has 4 aromatic carbocycles. The molecule has 1 nitrogen and oxygen atoms in total. The summed E-state index contributed by atoms with van der Waals surface area (Å²) < 4.78 is 0. The number of nitrogens with one attached hydrogen (secondary N) is 1. The smallest absolute Gasteiger partial charge is 0.0205 e. The van der Waals surface area contributed by atoms with Crippen molar-refractivity contribution in [3.05, 3.63) is 72.3 Å². The van der Waals surface area contributed by atoms with Crippen molar-refractivity contribution in [1.29, 1.82) is 0 Å². The number of benzene rings is 4. The zero-order chi connectivity index (χ0) is 16.4. The lowest BCUT2D eigenvalue weighted by Crippen LogP contribution is -2.14. The van der Waals surface area contributed by atoms with Crippen LogP contribution < -0.4 is 5.32 Å². The molecule has 4 rings (SSSR count). The second-order valence-corrected chi connectivity index (χ2v) is 6.53. The molecule has 0 aliphatic rings. The highest BCUT2D eigenvalue weighted by Crippen LogP contribution is 2.31. The minimum absolute atomic E-state index is 0.950. The number of unbranched alkanes of at least 4 members (excludes halogenated alkanes) is 1. The number of hydrogen-bond acceptors (Lipinski definition) is 1. The second-order valence-electron chi connectivity index (χ2n) is 6.53. The molecule has 0 heterocycles. The number of rotatable bonds is 5. The molecule has 4 aromatic rings. The molecule has 0 amide bonds. The first-order chi connectivity index (χ1) is 11.9. The molecule has 0 fully saturated rings. The molecule has 0 aliphatic carbocycles. The Kier molecular flexibility index (Phi) is 4.18. The van der Waals surface area contributed by atoms with E-state index in [1.807, 2.05) is 0 Å². The Balaban J connectivity index is 1.76. The molecule has 0 unspecified atom stereocenters. The van der Waals surface area contributed by atoms with Gasteiger partial charge in [-0.25, -0.2) is 0 Å². The van der Waals surface area contributed by atoms with Gasteiger partial charge in [0.1, 0.15) is 0 Å². The topological polar surface area (TPSA) is 12.0 Å². The zero-order valence-electron chi connectivity index (χ0n) is 14.2. The summed E-state index contributed by atoms with van der Waals surface area (Å²) in [5.74, 6) is 0. The highest BCUT2D eigenvalue weighted by Gasteiger charge is 2.05. The van der Waals surface area contributed by atoms with Crippen molar-refractivity contribution in [3.63, 3.8) is 0 Å². The van der Waals surface area contributed by atoms with E-state index < -0.39 is 0 Å². The van der Waals surface area contributed by atoms with Crippen LogP contribution in [0.1, 0.15) is 25.3 Å². The van der Waals surface area contributed by atoms with Crippen LogP contribution >= 0.6 is 0 Å². The predicted octanol–water partition coefficient (Wildman–Crippen LogP) is 6.04. The van der Waals surface area contributed by atoms with Gasteiger partial charge in [-0.3, -0.25) is 0 Å². The summed E-state index contributed by atoms with van der Waals surface area (Å²) in [5.41, 5.74) is 1.36. The van der Waals surface area contributed by atoms with Gasteiger partial charge in [-0.1, -0.05) is 74.0 Å². The SMILES string of the molecule is CCCCNCc1ccc2c(ccc3c4ccccc4ccc23)c1. The van der Waals surface area contributed by atoms with Gasteiger partial charge in [-0.2, -0.15) is 0 Å². The molecule has 0 atom stereocenters. The van der Waals surface area contributed by atoms with Crippen LogP contribution in [-0.2, 0) is 6.54 Å². The summed E-state index contributed by atoms with van der Waals surface area (Å²) in [4.78, 5) is 0. The summed E-state index contributed by atoms with van der Waals surface area (Å²) in [7, 11) is 0. The molecule has 1 N–H and O–H groups in total. The fraction of sp³-hybridized carbons (Fsp3) is 0.217. The number of fused-ring (bicyclic) bond motifs is 5. The molecule has 120 valence electrons. The first-order valence-corrected chi connectivity index (χ1v) is 8.90. The molecule has 0 bridgehead atoms. The highest BCUT2D eigenvalue weighted by atomic mass is 14.8. The maximum absolute atomic E-state index is 3.53. The van der Waals surface area contributed by atoms with Gasteiger partial charge in [0.2, 0.25) is 0 Å². The van der Waals surface area contributed by atoms with E-state index in [1.54, 1.807) is 0 Å². The summed E-state index contributed by atoms with van der Waals surface area (Å²) in [6.07, 6.45) is 2.48. The van der Waals surface area contributed by atoms with Crippen LogP contribution in [-0.4, -0.2) is 6.54 Å². The Labute approximate surface area is 143 Å². The van der Waals surface area contributed by atoms with Crippen molar-refractivity contribution in [3.8, 4) is 0 Å². The van der Waals surface area contributed by atoms with E-state index in [0.717, 1.165) is 13.1 Å². The third kappa shape index (κ3) is 2.76. The van der Waals surface area contributed by atoms with E-state index >= 15 is 0 Å². The summed E-state index contributed by atoms with van der Waals surface area (Å²) in [6, 6.07) is 24.5. The van der Waals surface area contributed by atoms with E-state index in [1.165, 1.54) is 50.7 Å². The Morgan fingerprint density at radius 1 is 0.708 bits per heavy atom. The van der Waals surface area contributed by atoms with Gasteiger partial charge in [0.15, 0.2) is 0 Å². The maximum Gasteiger partial charge on any atom is 0.0205 e. The quantitative estimate of drug-likeness (QED) is 0.350. The lowest BCUT2D eigenvalue weighted by atomic mass is 9.96. The average molecular weight is 313 g/mol. The highest BCUT2D eigenvalue weighted by molar-refractivity contribution is 6.17. The zero-order valence-corrected chi connectivity index (χ0v) is 14.2. The van der Waals surface area contributed by atoms with Crippen LogP contribution in [0.3, 0.4) is 0 Å². The molecular weight excluding hydrogens is 290 g/mol. The first-order valence-electron chi connectivity index (χ1n) is 8.90. The summed E-state index contributed by atoms with van der Waals surface area (Å²) in [6.45, 7) is 4.27. The minimum Gasteiger partial charge on any atom is -0.313 e. The van der Waals surface area contributed by atoms with Gasteiger partial charge in [0, 0.05) is 6.54 Å². The minimum atomic E-state index is 0.950. The normalized spacial score (nSPS) is 11.5. The van der Waals surface area contributed by atoms with E-state index in [9.17, 15) is 0 Å². The molecule has 24 heavy (non-hydrogen) atoms. The third-order valence-electron chi connectivity index (χ3n) is 4.84. The molecule has 0 aliphatic heterocycles. The van der Waals surface area contributed by atoms with Gasteiger partial charge >= 0.3 is 0 Å². The predicted molar refractivity (Wildman–Crippen MR) is 106 cm³/mol. The molecular formula is C23H23N. The lowest BCUT2D eigenvalue weighted by Gasteiger charge is -2.10. The van der Waals surface area contributed by atoms with E-state index in [-0.39, 0.29) is 0 Å².